The van der Waals surface area contributed by atoms with Gasteiger partial charge in [0, 0.05) is 4.88 Å². The van der Waals surface area contributed by atoms with Crippen LogP contribution in [-0.4, -0.2) is 24.3 Å². The van der Waals surface area contributed by atoms with E-state index in [1.54, 1.807) is 19.1 Å². The van der Waals surface area contributed by atoms with Crippen LogP contribution in [0.25, 0.3) is 0 Å². The second-order valence-corrected chi connectivity index (χ2v) is 4.53. The van der Waals surface area contributed by atoms with E-state index in [4.69, 9.17) is 9.47 Å². The first-order valence-electron chi connectivity index (χ1n) is 6.08. The number of allylic oxidation sites excluding steroid dienone is 1. The standard InChI is InChI=1S/C14H18O4S/c1-3-17-11(10-14(16)18-4-2)7-8-12(15)13-6-5-9-19-13/h5-10,12,15H,3-4H2,1-2H3/b8-7+,11-10-. The Hall–Kier alpha value is -1.59. The fourth-order valence-electron chi connectivity index (χ4n) is 1.35. The van der Waals surface area contributed by atoms with Gasteiger partial charge in [-0.2, -0.15) is 0 Å². The van der Waals surface area contributed by atoms with Crippen LogP contribution in [0.4, 0.5) is 0 Å². The SMILES string of the molecule is CCOC(=O)/C=C(/C=C/C(O)c1cccs1)OCC. The van der Waals surface area contributed by atoms with Crippen molar-refractivity contribution in [3.8, 4) is 0 Å². The highest BCUT2D eigenvalue weighted by Gasteiger charge is 2.05. The van der Waals surface area contributed by atoms with E-state index in [0.717, 1.165) is 4.88 Å². The summed E-state index contributed by atoms with van der Waals surface area (Å²) in [6, 6.07) is 3.71. The first-order chi connectivity index (χ1) is 9.17. The van der Waals surface area contributed by atoms with Gasteiger partial charge >= 0.3 is 5.97 Å². The summed E-state index contributed by atoms with van der Waals surface area (Å²) in [7, 11) is 0. The van der Waals surface area contributed by atoms with Crippen molar-refractivity contribution in [2.75, 3.05) is 13.2 Å². The Morgan fingerprint density at radius 1 is 1.42 bits per heavy atom. The minimum Gasteiger partial charge on any atom is -0.494 e. The topological polar surface area (TPSA) is 55.8 Å². The Bertz CT molecular complexity index is 434. The van der Waals surface area contributed by atoms with Gasteiger partial charge in [0.15, 0.2) is 0 Å². The Kier molecular flexibility index (Phi) is 6.92. The summed E-state index contributed by atoms with van der Waals surface area (Å²) in [5.74, 6) is -0.0854. The molecule has 0 aliphatic rings. The maximum absolute atomic E-state index is 11.3. The van der Waals surface area contributed by atoms with Crippen LogP contribution in [0.2, 0.25) is 0 Å². The van der Waals surface area contributed by atoms with E-state index in [1.165, 1.54) is 17.4 Å². The van der Waals surface area contributed by atoms with E-state index in [2.05, 4.69) is 0 Å². The smallest absolute Gasteiger partial charge is 0.334 e. The lowest BCUT2D eigenvalue weighted by Gasteiger charge is -2.05. The average Bonchev–Trinajstić information content (AvgIpc) is 2.90. The molecule has 1 heterocycles. The molecule has 1 rings (SSSR count). The van der Waals surface area contributed by atoms with Crippen molar-refractivity contribution in [3.05, 3.63) is 46.4 Å². The van der Waals surface area contributed by atoms with Gasteiger partial charge in [0.25, 0.3) is 0 Å². The van der Waals surface area contributed by atoms with Gasteiger partial charge in [-0.1, -0.05) is 6.07 Å². The molecule has 1 unspecified atom stereocenters. The molecule has 0 aromatic carbocycles. The predicted octanol–water partition coefficient (Wildman–Crippen LogP) is 2.82. The van der Waals surface area contributed by atoms with Gasteiger partial charge in [0.2, 0.25) is 0 Å². The van der Waals surface area contributed by atoms with Crippen molar-refractivity contribution < 1.29 is 19.4 Å². The van der Waals surface area contributed by atoms with Gasteiger partial charge in [-0.3, -0.25) is 0 Å². The van der Waals surface area contributed by atoms with Gasteiger partial charge in [-0.15, -0.1) is 11.3 Å². The molecule has 5 heteroatoms. The fraction of sp³-hybridized carbons (Fsp3) is 0.357. The number of rotatable bonds is 7. The van der Waals surface area contributed by atoms with Crippen molar-refractivity contribution in [2.24, 2.45) is 0 Å². The molecule has 1 atom stereocenters. The lowest BCUT2D eigenvalue weighted by Crippen LogP contribution is -2.02. The molecule has 0 bridgehead atoms. The first-order valence-corrected chi connectivity index (χ1v) is 6.96. The number of esters is 1. The zero-order valence-electron chi connectivity index (χ0n) is 11.0. The molecule has 0 saturated carbocycles. The molecule has 0 aliphatic heterocycles. The van der Waals surface area contributed by atoms with E-state index in [1.807, 2.05) is 24.4 Å². The lowest BCUT2D eigenvalue weighted by molar-refractivity contribution is -0.137. The van der Waals surface area contributed by atoms with Crippen LogP contribution < -0.4 is 0 Å². The van der Waals surface area contributed by atoms with Crippen molar-refractivity contribution in [1.29, 1.82) is 0 Å². The predicted molar refractivity (Wildman–Crippen MR) is 74.8 cm³/mol. The molecule has 19 heavy (non-hydrogen) atoms. The minimum absolute atomic E-state index is 0.316. The number of hydrogen-bond donors (Lipinski definition) is 1. The van der Waals surface area contributed by atoms with E-state index in [9.17, 15) is 9.90 Å². The molecular weight excluding hydrogens is 264 g/mol. The van der Waals surface area contributed by atoms with Crippen LogP contribution >= 0.6 is 11.3 Å². The summed E-state index contributed by atoms with van der Waals surface area (Å²) in [6.07, 6.45) is 3.72. The summed E-state index contributed by atoms with van der Waals surface area (Å²) in [4.78, 5) is 12.2. The van der Waals surface area contributed by atoms with E-state index in [-0.39, 0.29) is 0 Å². The number of aliphatic hydroxyl groups excluding tert-OH is 1. The van der Waals surface area contributed by atoms with Crippen LogP contribution in [0.5, 0.6) is 0 Å². The lowest BCUT2D eigenvalue weighted by atomic mass is 10.2. The quantitative estimate of drug-likeness (QED) is 0.361. The third kappa shape index (κ3) is 5.72. The van der Waals surface area contributed by atoms with Crippen molar-refractivity contribution in [3.63, 3.8) is 0 Å². The highest BCUT2D eigenvalue weighted by atomic mass is 32.1. The normalized spacial score (nSPS) is 13.5. The number of thiophene rings is 1. The maximum atomic E-state index is 11.3. The maximum Gasteiger partial charge on any atom is 0.334 e. The highest BCUT2D eigenvalue weighted by Crippen LogP contribution is 2.20. The Labute approximate surface area is 117 Å². The fourth-order valence-corrected chi connectivity index (χ4v) is 2.03. The second-order valence-electron chi connectivity index (χ2n) is 3.55. The number of ether oxygens (including phenoxy) is 2. The molecule has 1 aromatic heterocycles. The van der Waals surface area contributed by atoms with Crippen LogP contribution in [-0.2, 0) is 14.3 Å². The summed E-state index contributed by atoms with van der Waals surface area (Å²) < 4.78 is 10.1. The average molecular weight is 282 g/mol. The first kappa shape index (κ1) is 15.5. The van der Waals surface area contributed by atoms with Gasteiger partial charge in [0.05, 0.1) is 19.3 Å². The molecule has 0 aliphatic carbocycles. The third-order valence-electron chi connectivity index (χ3n) is 2.14. The molecular formula is C14H18O4S. The van der Waals surface area contributed by atoms with Crippen LogP contribution in [0.15, 0.2) is 41.5 Å². The molecule has 1 aromatic rings. The van der Waals surface area contributed by atoms with Crippen LogP contribution in [0, 0.1) is 0 Å². The number of aliphatic hydroxyl groups is 1. The molecule has 0 fully saturated rings. The molecule has 0 spiro atoms. The van der Waals surface area contributed by atoms with Crippen molar-refractivity contribution >= 4 is 17.3 Å². The Balaban J connectivity index is 2.69. The zero-order valence-corrected chi connectivity index (χ0v) is 11.9. The number of hydrogen-bond acceptors (Lipinski definition) is 5. The van der Waals surface area contributed by atoms with Gasteiger partial charge in [-0.05, 0) is 37.4 Å². The zero-order chi connectivity index (χ0) is 14.1. The number of carbonyl (C=O) groups excluding carboxylic acids is 1. The molecule has 0 saturated heterocycles. The van der Waals surface area contributed by atoms with E-state index < -0.39 is 12.1 Å². The number of carbonyl (C=O) groups is 1. The molecule has 1 N–H and O–H groups in total. The van der Waals surface area contributed by atoms with Crippen molar-refractivity contribution in [1.82, 2.24) is 0 Å². The van der Waals surface area contributed by atoms with Gasteiger partial charge < -0.3 is 14.6 Å². The van der Waals surface area contributed by atoms with Gasteiger partial charge in [0.1, 0.15) is 11.9 Å². The second kappa shape index (κ2) is 8.50. The van der Waals surface area contributed by atoms with Crippen molar-refractivity contribution in [2.45, 2.75) is 20.0 Å². The minimum atomic E-state index is -0.703. The molecule has 104 valence electrons. The monoisotopic (exact) mass is 282 g/mol. The van der Waals surface area contributed by atoms with E-state index >= 15 is 0 Å². The highest BCUT2D eigenvalue weighted by molar-refractivity contribution is 7.10. The van der Waals surface area contributed by atoms with Crippen LogP contribution in [0.3, 0.4) is 0 Å². The Morgan fingerprint density at radius 3 is 2.74 bits per heavy atom. The van der Waals surface area contributed by atoms with E-state index in [0.29, 0.717) is 19.0 Å². The van der Waals surface area contributed by atoms with Gasteiger partial charge in [-0.25, -0.2) is 4.79 Å². The summed E-state index contributed by atoms with van der Waals surface area (Å²) in [5, 5.41) is 11.8. The molecule has 4 nitrogen and oxygen atoms in total. The summed E-state index contributed by atoms with van der Waals surface area (Å²) in [6.45, 7) is 4.31. The molecule has 0 radical (unpaired) electrons. The Morgan fingerprint density at radius 2 is 2.16 bits per heavy atom. The largest absolute Gasteiger partial charge is 0.494 e. The summed E-state index contributed by atoms with van der Waals surface area (Å²) >= 11 is 1.46. The molecule has 0 amide bonds. The third-order valence-corrected chi connectivity index (χ3v) is 3.08. The summed E-state index contributed by atoms with van der Waals surface area (Å²) in [5.41, 5.74) is 0. The van der Waals surface area contributed by atoms with Crippen LogP contribution in [0.1, 0.15) is 24.8 Å².